The minimum atomic E-state index is -3.16. The number of ether oxygens (including phenoxy) is 2. The first kappa shape index (κ1) is 20.6. The molecule has 1 saturated heterocycles. The molecule has 0 spiro atoms. The number of anilines is 1. The molecule has 1 N–H and O–H groups in total. The number of hydrogen-bond acceptors (Lipinski definition) is 7. The molecule has 1 aliphatic heterocycles. The summed E-state index contributed by atoms with van der Waals surface area (Å²) < 4.78 is 36.2. The van der Waals surface area contributed by atoms with E-state index < -0.39 is 10.0 Å². The third kappa shape index (κ3) is 4.82. The highest BCUT2D eigenvalue weighted by molar-refractivity contribution is 7.88. The van der Waals surface area contributed by atoms with Gasteiger partial charge in [0.15, 0.2) is 11.5 Å². The normalized spacial score (nSPS) is 16.9. The number of sulfonamides is 1. The van der Waals surface area contributed by atoms with Gasteiger partial charge in [0.1, 0.15) is 12.1 Å². The maximum absolute atomic E-state index is 11.4. The summed E-state index contributed by atoms with van der Waals surface area (Å²) in [6, 6.07) is 3.74. The zero-order chi connectivity index (χ0) is 20.3. The van der Waals surface area contributed by atoms with E-state index in [-0.39, 0.29) is 6.04 Å². The molecule has 1 aromatic heterocycles. The predicted octanol–water partition coefficient (Wildman–Crippen LogP) is 2.19. The monoisotopic (exact) mass is 408 g/mol. The van der Waals surface area contributed by atoms with Crippen molar-refractivity contribution in [2.75, 3.05) is 38.5 Å². The van der Waals surface area contributed by atoms with E-state index >= 15 is 0 Å². The van der Waals surface area contributed by atoms with Gasteiger partial charge in [-0.15, -0.1) is 0 Å². The lowest BCUT2D eigenvalue weighted by Gasteiger charge is -2.34. The van der Waals surface area contributed by atoms with Crippen LogP contribution in [0.3, 0.4) is 0 Å². The molecule has 1 aromatic carbocycles. The second-order valence-corrected chi connectivity index (χ2v) is 9.16. The van der Waals surface area contributed by atoms with Gasteiger partial charge in [-0.25, -0.2) is 23.1 Å². The van der Waals surface area contributed by atoms with Crippen molar-refractivity contribution in [1.82, 2.24) is 14.7 Å². The van der Waals surface area contributed by atoms with Crippen molar-refractivity contribution in [3.8, 4) is 11.5 Å². The lowest BCUT2D eigenvalue weighted by Crippen LogP contribution is -2.38. The molecule has 0 saturated carbocycles. The third-order valence-corrected chi connectivity index (χ3v) is 5.97. The zero-order valence-corrected chi connectivity index (χ0v) is 17.6. The van der Waals surface area contributed by atoms with Gasteiger partial charge >= 0.3 is 0 Å². The quantitative estimate of drug-likeness (QED) is 0.750. The molecular formula is C19H28N4O4S. The summed E-state index contributed by atoms with van der Waals surface area (Å²) in [6.45, 7) is 3.67. The summed E-state index contributed by atoms with van der Waals surface area (Å²) in [5, 5.41) is 0.936. The first-order chi connectivity index (χ1) is 13.3. The maximum Gasteiger partial charge on any atom is 0.208 e. The summed E-state index contributed by atoms with van der Waals surface area (Å²) in [5.74, 6) is 2.68. The predicted molar refractivity (Wildman–Crippen MR) is 110 cm³/mol. The number of rotatable bonds is 7. The molecule has 28 heavy (non-hydrogen) atoms. The largest absolute Gasteiger partial charge is 0.493 e. The van der Waals surface area contributed by atoms with E-state index in [0.29, 0.717) is 17.4 Å². The Bertz CT molecular complexity index is 927. The zero-order valence-electron chi connectivity index (χ0n) is 16.8. The van der Waals surface area contributed by atoms with Crippen molar-refractivity contribution < 1.29 is 17.9 Å². The Morgan fingerprint density at radius 1 is 1.18 bits per heavy atom. The summed E-state index contributed by atoms with van der Waals surface area (Å²) in [5.41, 5.74) is 0.816. The highest BCUT2D eigenvalue weighted by Gasteiger charge is 2.24. The molecule has 2 heterocycles. The molecule has 0 radical (unpaired) electrons. The molecule has 1 fully saturated rings. The molecule has 1 atom stereocenters. The van der Waals surface area contributed by atoms with Crippen LogP contribution < -0.4 is 19.1 Å². The highest BCUT2D eigenvalue weighted by Crippen LogP contribution is 2.36. The topological polar surface area (TPSA) is 93.7 Å². The van der Waals surface area contributed by atoms with Crippen LogP contribution in [0, 0.1) is 5.92 Å². The Labute approximate surface area is 166 Å². The van der Waals surface area contributed by atoms with Gasteiger partial charge in [-0.05, 0) is 38.2 Å². The van der Waals surface area contributed by atoms with Crippen LogP contribution >= 0.6 is 0 Å². The van der Waals surface area contributed by atoms with E-state index in [1.165, 1.54) is 6.26 Å². The van der Waals surface area contributed by atoms with Crippen molar-refractivity contribution >= 4 is 26.7 Å². The second kappa shape index (κ2) is 8.48. The van der Waals surface area contributed by atoms with Crippen LogP contribution in [0.5, 0.6) is 11.5 Å². The third-order valence-electron chi connectivity index (χ3n) is 5.14. The Morgan fingerprint density at radius 2 is 1.82 bits per heavy atom. The van der Waals surface area contributed by atoms with Crippen LogP contribution in [0.25, 0.3) is 10.9 Å². The molecule has 1 aliphatic rings. The molecule has 0 amide bonds. The molecule has 1 unspecified atom stereocenters. The number of hydrogen-bond donors (Lipinski definition) is 1. The number of fused-ring (bicyclic) bond motifs is 1. The van der Waals surface area contributed by atoms with Crippen molar-refractivity contribution in [3.05, 3.63) is 18.5 Å². The minimum absolute atomic E-state index is 0.0526. The molecule has 0 aliphatic carbocycles. The van der Waals surface area contributed by atoms with E-state index in [1.807, 2.05) is 19.1 Å². The number of piperidine rings is 1. The van der Waals surface area contributed by atoms with Crippen LogP contribution in [-0.2, 0) is 10.0 Å². The van der Waals surface area contributed by atoms with Crippen molar-refractivity contribution in [1.29, 1.82) is 0 Å². The molecule has 9 heteroatoms. The molecule has 154 valence electrons. The van der Waals surface area contributed by atoms with Gasteiger partial charge < -0.3 is 14.4 Å². The standard InChI is InChI=1S/C19H28N4O4S/c1-13(22-28(4,24)25)9-14-5-7-23(8-6-14)19-15-10-17(26-2)18(27-3)11-16(15)20-12-21-19/h10-14,22H,5-9H2,1-4H3. The maximum atomic E-state index is 11.4. The average Bonchev–Trinajstić information content (AvgIpc) is 2.65. The fourth-order valence-electron chi connectivity index (χ4n) is 3.92. The Hall–Kier alpha value is -2.13. The van der Waals surface area contributed by atoms with E-state index in [4.69, 9.17) is 9.47 Å². The van der Waals surface area contributed by atoms with Gasteiger partial charge in [0.25, 0.3) is 0 Å². The summed E-state index contributed by atoms with van der Waals surface area (Å²) in [7, 11) is 0.0587. The first-order valence-corrected chi connectivity index (χ1v) is 11.3. The number of benzene rings is 1. The minimum Gasteiger partial charge on any atom is -0.493 e. The van der Waals surface area contributed by atoms with Crippen LogP contribution in [0.4, 0.5) is 5.82 Å². The number of aromatic nitrogens is 2. The number of methoxy groups -OCH3 is 2. The molecular weight excluding hydrogens is 380 g/mol. The number of nitrogens with zero attached hydrogens (tertiary/aromatic N) is 3. The van der Waals surface area contributed by atoms with Gasteiger partial charge in [0.05, 0.1) is 26.0 Å². The van der Waals surface area contributed by atoms with Crippen LogP contribution in [-0.4, -0.2) is 58.0 Å². The Kier molecular flexibility index (Phi) is 6.24. The van der Waals surface area contributed by atoms with Gasteiger partial charge in [-0.1, -0.05) is 0 Å². The molecule has 2 aromatic rings. The lowest BCUT2D eigenvalue weighted by atomic mass is 9.91. The van der Waals surface area contributed by atoms with Crippen molar-refractivity contribution in [2.45, 2.75) is 32.2 Å². The SMILES string of the molecule is COc1cc2ncnc(N3CCC(CC(C)NS(C)(=O)=O)CC3)c2cc1OC. The average molecular weight is 409 g/mol. The summed E-state index contributed by atoms with van der Waals surface area (Å²) >= 11 is 0. The fraction of sp³-hybridized carbons (Fsp3) is 0.579. The van der Waals surface area contributed by atoms with Crippen LogP contribution in [0.1, 0.15) is 26.2 Å². The van der Waals surface area contributed by atoms with E-state index in [0.717, 1.165) is 49.1 Å². The fourth-order valence-corrected chi connectivity index (χ4v) is 4.74. The van der Waals surface area contributed by atoms with Gasteiger partial charge in [0.2, 0.25) is 10.0 Å². The Morgan fingerprint density at radius 3 is 2.43 bits per heavy atom. The molecule has 8 nitrogen and oxygen atoms in total. The smallest absolute Gasteiger partial charge is 0.208 e. The van der Waals surface area contributed by atoms with E-state index in [1.54, 1.807) is 20.5 Å². The van der Waals surface area contributed by atoms with E-state index in [9.17, 15) is 8.42 Å². The summed E-state index contributed by atoms with van der Waals surface area (Å²) in [4.78, 5) is 11.2. The van der Waals surface area contributed by atoms with Crippen molar-refractivity contribution in [2.24, 2.45) is 5.92 Å². The van der Waals surface area contributed by atoms with Gasteiger partial charge in [-0.2, -0.15) is 0 Å². The van der Waals surface area contributed by atoms with Crippen LogP contribution in [0.15, 0.2) is 18.5 Å². The first-order valence-electron chi connectivity index (χ1n) is 9.39. The van der Waals surface area contributed by atoms with E-state index in [2.05, 4.69) is 19.6 Å². The molecule has 0 bridgehead atoms. The van der Waals surface area contributed by atoms with Gasteiger partial charge in [-0.3, -0.25) is 0 Å². The van der Waals surface area contributed by atoms with Crippen LogP contribution in [0.2, 0.25) is 0 Å². The Balaban J connectivity index is 1.73. The van der Waals surface area contributed by atoms with Gasteiger partial charge in [0, 0.05) is 30.6 Å². The number of nitrogens with one attached hydrogen (secondary N) is 1. The molecule has 3 rings (SSSR count). The lowest BCUT2D eigenvalue weighted by molar-refractivity contribution is 0.351. The highest BCUT2D eigenvalue weighted by atomic mass is 32.2. The second-order valence-electron chi connectivity index (χ2n) is 7.38. The summed E-state index contributed by atoms with van der Waals surface area (Å²) in [6.07, 6.45) is 5.61. The van der Waals surface area contributed by atoms with Crippen molar-refractivity contribution in [3.63, 3.8) is 0 Å².